The Morgan fingerprint density at radius 2 is 1.80 bits per heavy atom. The van der Waals surface area contributed by atoms with E-state index in [1.165, 1.54) is 5.56 Å². The quantitative estimate of drug-likeness (QED) is 0.796. The summed E-state index contributed by atoms with van der Waals surface area (Å²) < 4.78 is 5.18. The lowest BCUT2D eigenvalue weighted by molar-refractivity contribution is -0.163. The number of hydrogen-bond acceptors (Lipinski definition) is 3. The highest BCUT2D eigenvalue weighted by Gasteiger charge is 2.47. The Labute approximate surface area is 150 Å². The molecule has 0 bridgehead atoms. The van der Waals surface area contributed by atoms with E-state index >= 15 is 0 Å². The third kappa shape index (κ3) is 4.23. The van der Waals surface area contributed by atoms with Crippen molar-refractivity contribution in [2.45, 2.75) is 70.3 Å². The van der Waals surface area contributed by atoms with Crippen LogP contribution in [-0.4, -0.2) is 24.5 Å². The third-order valence-corrected chi connectivity index (χ3v) is 5.88. The standard InChI is InChI=1S/C21H29NO3/c1-2-25-20(24)21(13-6-14-21)15-19(23)22-18-11-9-17(10-12-18)16-7-4-3-5-8-16/h3-5,7-8,17-18H,2,6,9-15H2,1H3,(H,22,23). The molecule has 0 aliphatic heterocycles. The van der Waals surface area contributed by atoms with Gasteiger partial charge in [-0.15, -0.1) is 0 Å². The molecule has 0 aromatic heterocycles. The number of hydrogen-bond donors (Lipinski definition) is 1. The number of rotatable bonds is 6. The SMILES string of the molecule is CCOC(=O)C1(CC(=O)NC2CCC(c3ccccc3)CC2)CCC1. The molecule has 2 fully saturated rings. The van der Waals surface area contributed by atoms with Gasteiger partial charge in [0.25, 0.3) is 0 Å². The molecular formula is C21H29NO3. The molecule has 1 aromatic carbocycles. The maximum Gasteiger partial charge on any atom is 0.312 e. The monoisotopic (exact) mass is 343 g/mol. The molecule has 0 atom stereocenters. The predicted molar refractivity (Wildman–Crippen MR) is 97.1 cm³/mol. The summed E-state index contributed by atoms with van der Waals surface area (Å²) in [5.74, 6) is 0.423. The van der Waals surface area contributed by atoms with Gasteiger partial charge in [-0.3, -0.25) is 9.59 Å². The van der Waals surface area contributed by atoms with Crippen molar-refractivity contribution in [2.24, 2.45) is 5.41 Å². The zero-order valence-corrected chi connectivity index (χ0v) is 15.1. The first kappa shape index (κ1) is 18.0. The van der Waals surface area contributed by atoms with Crippen LogP contribution < -0.4 is 5.32 Å². The van der Waals surface area contributed by atoms with Gasteiger partial charge >= 0.3 is 5.97 Å². The van der Waals surface area contributed by atoms with Crippen LogP contribution in [0.5, 0.6) is 0 Å². The lowest BCUT2D eigenvalue weighted by Gasteiger charge is -2.39. The van der Waals surface area contributed by atoms with Crippen LogP contribution in [0, 0.1) is 5.41 Å². The van der Waals surface area contributed by atoms with E-state index in [4.69, 9.17) is 4.74 Å². The number of ether oxygens (including phenoxy) is 1. The zero-order chi connectivity index (χ0) is 17.7. The van der Waals surface area contributed by atoms with Gasteiger partial charge in [-0.1, -0.05) is 36.8 Å². The van der Waals surface area contributed by atoms with Crippen molar-refractivity contribution in [3.63, 3.8) is 0 Å². The number of carbonyl (C=O) groups is 2. The van der Waals surface area contributed by atoms with Crippen LogP contribution in [0.15, 0.2) is 30.3 Å². The summed E-state index contributed by atoms with van der Waals surface area (Å²) in [5.41, 5.74) is 0.851. The Morgan fingerprint density at radius 1 is 1.12 bits per heavy atom. The van der Waals surface area contributed by atoms with E-state index in [1.54, 1.807) is 0 Å². The van der Waals surface area contributed by atoms with Crippen molar-refractivity contribution < 1.29 is 14.3 Å². The molecule has 3 rings (SSSR count). The Balaban J connectivity index is 1.47. The fourth-order valence-corrected chi connectivity index (χ4v) is 4.22. The molecule has 25 heavy (non-hydrogen) atoms. The van der Waals surface area contributed by atoms with E-state index in [0.29, 0.717) is 12.5 Å². The van der Waals surface area contributed by atoms with Crippen LogP contribution >= 0.6 is 0 Å². The van der Waals surface area contributed by atoms with Crippen LogP contribution in [0.25, 0.3) is 0 Å². The second kappa shape index (κ2) is 8.03. The van der Waals surface area contributed by atoms with Gasteiger partial charge in [-0.05, 0) is 56.9 Å². The second-order valence-corrected chi connectivity index (χ2v) is 7.56. The third-order valence-electron chi connectivity index (χ3n) is 5.88. The molecule has 0 heterocycles. The molecular weight excluding hydrogens is 314 g/mol. The van der Waals surface area contributed by atoms with Crippen molar-refractivity contribution >= 4 is 11.9 Å². The Kier molecular flexibility index (Phi) is 5.77. The minimum absolute atomic E-state index is 0.0101. The highest BCUT2D eigenvalue weighted by molar-refractivity contribution is 5.86. The molecule has 2 saturated carbocycles. The van der Waals surface area contributed by atoms with E-state index in [9.17, 15) is 9.59 Å². The molecule has 4 heteroatoms. The van der Waals surface area contributed by atoms with Gasteiger partial charge in [-0.2, -0.15) is 0 Å². The largest absolute Gasteiger partial charge is 0.466 e. The first-order valence-electron chi connectivity index (χ1n) is 9.64. The molecule has 1 amide bonds. The van der Waals surface area contributed by atoms with Gasteiger partial charge < -0.3 is 10.1 Å². The molecule has 0 spiro atoms. The van der Waals surface area contributed by atoms with Crippen LogP contribution in [-0.2, 0) is 14.3 Å². The summed E-state index contributed by atoms with van der Waals surface area (Å²) in [6.45, 7) is 2.20. The fourth-order valence-electron chi connectivity index (χ4n) is 4.22. The molecule has 2 aliphatic carbocycles. The van der Waals surface area contributed by atoms with E-state index < -0.39 is 5.41 Å². The number of benzene rings is 1. The average molecular weight is 343 g/mol. The van der Waals surface area contributed by atoms with Crippen molar-refractivity contribution in [3.05, 3.63) is 35.9 Å². The molecule has 136 valence electrons. The topological polar surface area (TPSA) is 55.4 Å². The van der Waals surface area contributed by atoms with Gasteiger partial charge in [0.15, 0.2) is 0 Å². The Hall–Kier alpha value is -1.84. The smallest absolute Gasteiger partial charge is 0.312 e. The normalized spacial score (nSPS) is 24.8. The minimum atomic E-state index is -0.554. The van der Waals surface area contributed by atoms with Crippen LogP contribution in [0.3, 0.4) is 0 Å². The molecule has 0 saturated heterocycles. The molecule has 0 unspecified atom stereocenters. The van der Waals surface area contributed by atoms with Crippen LogP contribution in [0.1, 0.15) is 69.8 Å². The summed E-state index contributed by atoms with van der Waals surface area (Å²) in [7, 11) is 0. The Morgan fingerprint density at radius 3 is 2.36 bits per heavy atom. The molecule has 1 N–H and O–H groups in total. The number of nitrogens with one attached hydrogen (secondary N) is 1. The summed E-state index contributed by atoms with van der Waals surface area (Å²) in [6, 6.07) is 10.9. The Bertz CT molecular complexity index is 586. The lowest BCUT2D eigenvalue weighted by atomic mass is 9.66. The van der Waals surface area contributed by atoms with Gasteiger partial charge in [0.1, 0.15) is 0 Å². The highest BCUT2D eigenvalue weighted by atomic mass is 16.5. The molecule has 4 nitrogen and oxygen atoms in total. The maximum absolute atomic E-state index is 12.5. The van der Waals surface area contributed by atoms with Gasteiger partial charge in [0.05, 0.1) is 12.0 Å². The van der Waals surface area contributed by atoms with Crippen LogP contribution in [0.2, 0.25) is 0 Å². The fraction of sp³-hybridized carbons (Fsp3) is 0.619. The number of amides is 1. The number of esters is 1. The lowest BCUT2D eigenvalue weighted by Crippen LogP contribution is -2.46. The minimum Gasteiger partial charge on any atom is -0.466 e. The first-order chi connectivity index (χ1) is 12.1. The van der Waals surface area contributed by atoms with E-state index in [2.05, 4.69) is 35.6 Å². The summed E-state index contributed by atoms with van der Waals surface area (Å²) in [4.78, 5) is 24.6. The zero-order valence-electron chi connectivity index (χ0n) is 15.1. The molecule has 1 aromatic rings. The van der Waals surface area contributed by atoms with Crippen molar-refractivity contribution in [1.29, 1.82) is 0 Å². The van der Waals surface area contributed by atoms with Crippen LogP contribution in [0.4, 0.5) is 0 Å². The second-order valence-electron chi connectivity index (χ2n) is 7.56. The van der Waals surface area contributed by atoms with E-state index in [0.717, 1.165) is 44.9 Å². The van der Waals surface area contributed by atoms with Crippen molar-refractivity contribution in [1.82, 2.24) is 5.32 Å². The van der Waals surface area contributed by atoms with Gasteiger partial charge in [0, 0.05) is 12.5 Å². The van der Waals surface area contributed by atoms with Crippen molar-refractivity contribution in [2.75, 3.05) is 6.61 Å². The average Bonchev–Trinajstić information content (AvgIpc) is 2.60. The summed E-state index contributed by atoms with van der Waals surface area (Å²) in [6.07, 6.45) is 7.09. The first-order valence-corrected chi connectivity index (χ1v) is 9.64. The predicted octanol–water partition coefficient (Wildman–Crippen LogP) is 3.95. The van der Waals surface area contributed by atoms with E-state index in [1.807, 2.05) is 6.92 Å². The molecule has 0 radical (unpaired) electrons. The van der Waals surface area contributed by atoms with E-state index in [-0.39, 0.29) is 24.3 Å². The number of carbonyl (C=O) groups excluding carboxylic acids is 2. The van der Waals surface area contributed by atoms with Crippen molar-refractivity contribution in [3.8, 4) is 0 Å². The maximum atomic E-state index is 12.5. The van der Waals surface area contributed by atoms with Gasteiger partial charge in [-0.25, -0.2) is 0 Å². The highest BCUT2D eigenvalue weighted by Crippen LogP contribution is 2.45. The molecule has 2 aliphatic rings. The summed E-state index contributed by atoms with van der Waals surface area (Å²) in [5, 5.41) is 3.17. The summed E-state index contributed by atoms with van der Waals surface area (Å²) >= 11 is 0. The van der Waals surface area contributed by atoms with Gasteiger partial charge in [0.2, 0.25) is 5.91 Å².